The molecule has 156 valence electrons. The van der Waals surface area contributed by atoms with Crippen molar-refractivity contribution in [1.29, 1.82) is 5.26 Å². The Morgan fingerprint density at radius 2 is 1.93 bits per heavy atom. The van der Waals surface area contributed by atoms with E-state index in [1.807, 2.05) is 39.0 Å². The number of nitrogens with zero attached hydrogens (tertiary/aromatic N) is 3. The van der Waals surface area contributed by atoms with Gasteiger partial charge in [0, 0.05) is 19.3 Å². The molecule has 1 fully saturated rings. The summed E-state index contributed by atoms with van der Waals surface area (Å²) in [7, 11) is 1.52. The molecule has 1 saturated heterocycles. The number of hydrogen-bond acceptors (Lipinski definition) is 5. The number of carbonyl (C=O) groups is 3. The Labute approximate surface area is 171 Å². The zero-order valence-electron chi connectivity index (χ0n) is 17.4. The Hall–Kier alpha value is -2.92. The van der Waals surface area contributed by atoms with Gasteiger partial charge in [-0.2, -0.15) is 5.26 Å². The van der Waals surface area contributed by atoms with Crippen LogP contribution in [0.15, 0.2) is 30.3 Å². The maximum Gasteiger partial charge on any atom is 0.243 e. The van der Waals surface area contributed by atoms with E-state index in [4.69, 9.17) is 5.73 Å². The lowest BCUT2D eigenvalue weighted by Gasteiger charge is -2.30. The molecule has 3 N–H and O–H groups in total. The minimum absolute atomic E-state index is 0.142. The smallest absolute Gasteiger partial charge is 0.243 e. The lowest BCUT2D eigenvalue weighted by molar-refractivity contribution is -0.141. The van der Waals surface area contributed by atoms with Crippen LogP contribution in [-0.2, 0) is 14.4 Å². The summed E-state index contributed by atoms with van der Waals surface area (Å²) in [5, 5.41) is 12.2. The highest BCUT2D eigenvalue weighted by Crippen LogP contribution is 2.25. The molecule has 3 amide bonds. The van der Waals surface area contributed by atoms with Gasteiger partial charge in [0.15, 0.2) is 0 Å². The fourth-order valence-corrected chi connectivity index (χ4v) is 3.17. The van der Waals surface area contributed by atoms with Crippen molar-refractivity contribution in [2.75, 3.05) is 25.5 Å². The van der Waals surface area contributed by atoms with E-state index in [0.29, 0.717) is 5.69 Å². The second-order valence-electron chi connectivity index (χ2n) is 8.52. The number of carbonyl (C=O) groups excluding carboxylic acids is 3. The molecule has 1 heterocycles. The number of benzene rings is 1. The predicted molar refractivity (Wildman–Crippen MR) is 109 cm³/mol. The van der Waals surface area contributed by atoms with E-state index >= 15 is 0 Å². The van der Waals surface area contributed by atoms with Gasteiger partial charge in [-0.25, -0.2) is 0 Å². The van der Waals surface area contributed by atoms with Crippen molar-refractivity contribution in [3.8, 4) is 6.07 Å². The maximum atomic E-state index is 12.7. The van der Waals surface area contributed by atoms with Crippen LogP contribution in [0.2, 0.25) is 0 Å². The van der Waals surface area contributed by atoms with Crippen LogP contribution in [0, 0.1) is 22.7 Å². The summed E-state index contributed by atoms with van der Waals surface area (Å²) in [6, 6.07) is 9.67. The van der Waals surface area contributed by atoms with Crippen LogP contribution in [0.25, 0.3) is 0 Å². The standard InChI is InChI=1S/C21H29N5O3/c1-21(2,3)18(23)20(29)25(4)13-17(27)26-12-14(10-16(26)11-22)19(28)24-15-8-6-5-7-9-15/h5-9,14,16,18H,10,12-13,23H2,1-4H3,(H,24,28). The third kappa shape index (κ3) is 5.55. The summed E-state index contributed by atoms with van der Waals surface area (Å²) >= 11 is 0. The predicted octanol–water partition coefficient (Wildman–Crippen LogP) is 1.20. The third-order valence-electron chi connectivity index (χ3n) is 5.13. The first-order valence-corrected chi connectivity index (χ1v) is 9.60. The summed E-state index contributed by atoms with van der Waals surface area (Å²) in [4.78, 5) is 40.4. The first-order chi connectivity index (χ1) is 13.5. The van der Waals surface area contributed by atoms with Gasteiger partial charge in [0.25, 0.3) is 0 Å². The number of rotatable bonds is 5. The molecule has 2 rings (SSSR count). The first kappa shape index (κ1) is 22.4. The summed E-state index contributed by atoms with van der Waals surface area (Å²) in [6.07, 6.45) is 0.264. The Morgan fingerprint density at radius 1 is 1.31 bits per heavy atom. The molecule has 29 heavy (non-hydrogen) atoms. The van der Waals surface area contributed by atoms with Crippen LogP contribution < -0.4 is 11.1 Å². The largest absolute Gasteiger partial charge is 0.335 e. The van der Waals surface area contributed by atoms with E-state index in [-0.39, 0.29) is 37.2 Å². The van der Waals surface area contributed by atoms with Crippen LogP contribution in [0.3, 0.4) is 0 Å². The molecule has 0 aliphatic carbocycles. The molecule has 8 heteroatoms. The Kier molecular flexibility index (Phi) is 6.98. The third-order valence-corrected chi connectivity index (χ3v) is 5.13. The average Bonchev–Trinajstić information content (AvgIpc) is 3.11. The lowest BCUT2D eigenvalue weighted by Crippen LogP contribution is -2.52. The molecule has 8 nitrogen and oxygen atoms in total. The Morgan fingerprint density at radius 3 is 2.48 bits per heavy atom. The quantitative estimate of drug-likeness (QED) is 0.771. The van der Waals surface area contributed by atoms with Crippen molar-refractivity contribution in [2.24, 2.45) is 17.1 Å². The molecule has 0 aromatic heterocycles. The van der Waals surface area contributed by atoms with Gasteiger partial charge < -0.3 is 20.9 Å². The number of nitriles is 1. The summed E-state index contributed by atoms with van der Waals surface area (Å²) in [6.45, 7) is 5.52. The molecular weight excluding hydrogens is 370 g/mol. The van der Waals surface area contributed by atoms with Crippen molar-refractivity contribution < 1.29 is 14.4 Å². The van der Waals surface area contributed by atoms with E-state index in [2.05, 4.69) is 11.4 Å². The van der Waals surface area contributed by atoms with Gasteiger partial charge >= 0.3 is 0 Å². The number of likely N-dealkylation sites (N-methyl/N-ethyl adjacent to an activating group) is 1. The van der Waals surface area contributed by atoms with E-state index in [1.165, 1.54) is 16.8 Å². The summed E-state index contributed by atoms with van der Waals surface area (Å²) in [5.41, 5.74) is 6.22. The fourth-order valence-electron chi connectivity index (χ4n) is 3.17. The number of likely N-dealkylation sites (tertiary alicyclic amines) is 1. The van der Waals surface area contributed by atoms with E-state index in [1.54, 1.807) is 12.1 Å². The average molecular weight is 399 g/mol. The highest BCUT2D eigenvalue weighted by atomic mass is 16.2. The number of nitrogens with one attached hydrogen (secondary N) is 1. The van der Waals surface area contributed by atoms with Crippen molar-refractivity contribution >= 4 is 23.4 Å². The highest BCUT2D eigenvalue weighted by Gasteiger charge is 2.39. The molecule has 1 aliphatic rings. The molecule has 0 saturated carbocycles. The minimum atomic E-state index is -0.741. The number of amides is 3. The molecule has 3 atom stereocenters. The van der Waals surface area contributed by atoms with Gasteiger partial charge in [-0.1, -0.05) is 39.0 Å². The van der Waals surface area contributed by atoms with Crippen LogP contribution in [-0.4, -0.2) is 59.7 Å². The van der Waals surface area contributed by atoms with Crippen LogP contribution in [0.5, 0.6) is 0 Å². The normalized spacial score (nSPS) is 19.9. The summed E-state index contributed by atoms with van der Waals surface area (Å²) in [5.74, 6) is -1.42. The molecular formula is C21H29N5O3. The molecule has 0 spiro atoms. The molecule has 1 aromatic rings. The molecule has 0 bridgehead atoms. The number of para-hydroxylation sites is 1. The Balaban J connectivity index is 2.00. The SMILES string of the molecule is CN(CC(=O)N1CC(C(=O)Nc2ccccc2)CC1C#N)C(=O)C(N)C(C)(C)C. The topological polar surface area (TPSA) is 120 Å². The minimum Gasteiger partial charge on any atom is -0.335 e. The van der Waals surface area contributed by atoms with Gasteiger partial charge in [0.2, 0.25) is 17.7 Å². The zero-order chi connectivity index (χ0) is 21.8. The molecule has 1 aromatic carbocycles. The van der Waals surface area contributed by atoms with Crippen molar-refractivity contribution in [3.05, 3.63) is 30.3 Å². The monoisotopic (exact) mass is 399 g/mol. The number of hydrogen-bond donors (Lipinski definition) is 2. The van der Waals surface area contributed by atoms with Crippen LogP contribution in [0.4, 0.5) is 5.69 Å². The molecule has 0 radical (unpaired) electrons. The Bertz CT molecular complexity index is 797. The van der Waals surface area contributed by atoms with Gasteiger partial charge in [-0.05, 0) is 24.0 Å². The number of nitrogens with two attached hydrogens (primary N) is 1. The second kappa shape index (κ2) is 9.05. The van der Waals surface area contributed by atoms with Crippen molar-refractivity contribution in [3.63, 3.8) is 0 Å². The van der Waals surface area contributed by atoms with E-state index in [9.17, 15) is 19.6 Å². The van der Waals surface area contributed by atoms with Gasteiger partial charge in [0.1, 0.15) is 6.04 Å². The molecule has 1 aliphatic heterocycles. The van der Waals surface area contributed by atoms with E-state index in [0.717, 1.165) is 0 Å². The lowest BCUT2D eigenvalue weighted by atomic mass is 9.86. The first-order valence-electron chi connectivity index (χ1n) is 9.60. The summed E-state index contributed by atoms with van der Waals surface area (Å²) < 4.78 is 0. The second-order valence-corrected chi connectivity index (χ2v) is 8.52. The highest BCUT2D eigenvalue weighted by molar-refractivity contribution is 5.94. The molecule has 3 unspecified atom stereocenters. The van der Waals surface area contributed by atoms with Crippen LogP contribution >= 0.6 is 0 Å². The van der Waals surface area contributed by atoms with Gasteiger partial charge in [-0.3, -0.25) is 14.4 Å². The van der Waals surface area contributed by atoms with Crippen molar-refractivity contribution in [2.45, 2.75) is 39.3 Å². The fraction of sp³-hybridized carbons (Fsp3) is 0.524. The number of anilines is 1. The van der Waals surface area contributed by atoms with Crippen LogP contribution in [0.1, 0.15) is 27.2 Å². The van der Waals surface area contributed by atoms with Gasteiger partial charge in [0.05, 0.1) is 24.6 Å². The van der Waals surface area contributed by atoms with Gasteiger partial charge in [-0.15, -0.1) is 0 Å². The zero-order valence-corrected chi connectivity index (χ0v) is 17.4. The maximum absolute atomic E-state index is 12.7. The van der Waals surface area contributed by atoms with Crippen molar-refractivity contribution in [1.82, 2.24) is 9.80 Å². The van der Waals surface area contributed by atoms with E-state index < -0.39 is 23.4 Å².